The van der Waals surface area contributed by atoms with Gasteiger partial charge in [-0.15, -0.1) is 0 Å². The molecule has 2 aromatic rings. The highest BCUT2D eigenvalue weighted by Gasteiger charge is 2.32. The van der Waals surface area contributed by atoms with Crippen molar-refractivity contribution in [1.82, 2.24) is 5.32 Å². The van der Waals surface area contributed by atoms with Gasteiger partial charge >= 0.3 is 5.97 Å². The number of nitrogens with one attached hydrogen (secondary N) is 2. The van der Waals surface area contributed by atoms with Gasteiger partial charge in [-0.25, -0.2) is 4.79 Å². The molecule has 0 spiro atoms. The van der Waals surface area contributed by atoms with Gasteiger partial charge in [0.15, 0.2) is 0 Å². The average Bonchev–Trinajstić information content (AvgIpc) is 3.35. The molecule has 2 N–H and O–H groups in total. The minimum atomic E-state index is -0.626. The monoisotopic (exact) mass is 394 g/mol. The van der Waals surface area contributed by atoms with Gasteiger partial charge < -0.3 is 20.1 Å². The maximum absolute atomic E-state index is 12.6. The lowest BCUT2D eigenvalue weighted by Crippen LogP contribution is -2.32. The van der Waals surface area contributed by atoms with E-state index < -0.39 is 12.1 Å². The van der Waals surface area contributed by atoms with Crippen LogP contribution in [0.15, 0.2) is 48.5 Å². The van der Waals surface area contributed by atoms with Crippen LogP contribution in [0, 0.1) is 0 Å². The molecule has 7 heteroatoms. The van der Waals surface area contributed by atoms with Crippen molar-refractivity contribution in [1.29, 1.82) is 0 Å². The van der Waals surface area contributed by atoms with Gasteiger partial charge in [0.05, 0.1) is 29.3 Å². The number of rotatable bonds is 6. The molecular formula is C22H22N2O5. The zero-order valence-electron chi connectivity index (χ0n) is 15.9. The minimum absolute atomic E-state index is 0.0192. The zero-order valence-corrected chi connectivity index (χ0v) is 15.9. The molecule has 2 aromatic carbocycles. The third-order valence-electron chi connectivity index (χ3n) is 5.11. The number of amides is 2. The Hall–Kier alpha value is -3.19. The van der Waals surface area contributed by atoms with Gasteiger partial charge in [0, 0.05) is 18.7 Å². The number of esters is 1. The third kappa shape index (κ3) is 4.30. The van der Waals surface area contributed by atoms with Gasteiger partial charge in [0.2, 0.25) is 5.91 Å². The van der Waals surface area contributed by atoms with Gasteiger partial charge in [0.1, 0.15) is 6.10 Å². The van der Waals surface area contributed by atoms with E-state index in [2.05, 4.69) is 10.6 Å². The summed E-state index contributed by atoms with van der Waals surface area (Å²) in [4.78, 5) is 37.1. The molecule has 0 bridgehead atoms. The summed E-state index contributed by atoms with van der Waals surface area (Å²) in [6.07, 6.45) is 1.33. The summed E-state index contributed by atoms with van der Waals surface area (Å²) < 4.78 is 10.8. The lowest BCUT2D eigenvalue weighted by Gasteiger charge is -2.15. The summed E-state index contributed by atoms with van der Waals surface area (Å²) in [5, 5.41) is 5.63. The van der Waals surface area contributed by atoms with Gasteiger partial charge in [-0.3, -0.25) is 9.59 Å². The first-order valence-electron chi connectivity index (χ1n) is 9.70. The lowest BCUT2D eigenvalue weighted by atomic mass is 10.0. The quantitative estimate of drug-likeness (QED) is 0.735. The van der Waals surface area contributed by atoms with E-state index in [0.717, 1.165) is 19.4 Å². The molecule has 2 aliphatic rings. The number of carbonyl (C=O) groups excluding carboxylic acids is 3. The van der Waals surface area contributed by atoms with Crippen LogP contribution in [0.2, 0.25) is 0 Å². The number of ether oxygens (including phenoxy) is 2. The van der Waals surface area contributed by atoms with Crippen LogP contribution >= 0.6 is 0 Å². The number of anilines is 1. The van der Waals surface area contributed by atoms with Crippen LogP contribution < -0.4 is 10.6 Å². The Labute approximate surface area is 168 Å². The Balaban J connectivity index is 1.40. The van der Waals surface area contributed by atoms with Gasteiger partial charge in [-0.1, -0.05) is 30.3 Å². The van der Waals surface area contributed by atoms with E-state index in [4.69, 9.17) is 9.47 Å². The van der Waals surface area contributed by atoms with Crippen LogP contribution in [-0.4, -0.2) is 37.0 Å². The maximum Gasteiger partial charge on any atom is 0.339 e. The van der Waals surface area contributed by atoms with E-state index in [-0.39, 0.29) is 24.3 Å². The van der Waals surface area contributed by atoms with Crippen LogP contribution in [0.25, 0.3) is 0 Å². The highest BCUT2D eigenvalue weighted by Crippen LogP contribution is 2.33. The second-order valence-corrected chi connectivity index (χ2v) is 7.12. The topological polar surface area (TPSA) is 93.7 Å². The van der Waals surface area contributed by atoms with E-state index >= 15 is 0 Å². The first-order valence-corrected chi connectivity index (χ1v) is 9.70. The van der Waals surface area contributed by atoms with Crippen LogP contribution in [0.5, 0.6) is 0 Å². The maximum atomic E-state index is 12.6. The molecule has 2 atom stereocenters. The summed E-state index contributed by atoms with van der Waals surface area (Å²) in [5.41, 5.74) is 1.98. The molecule has 0 aliphatic carbocycles. The highest BCUT2D eigenvalue weighted by atomic mass is 16.5. The molecule has 2 aliphatic heterocycles. The van der Waals surface area contributed by atoms with E-state index in [1.807, 2.05) is 0 Å². The molecular weight excluding hydrogens is 372 g/mol. The Kier molecular flexibility index (Phi) is 5.57. The van der Waals surface area contributed by atoms with Crippen LogP contribution in [0.1, 0.15) is 51.6 Å². The van der Waals surface area contributed by atoms with Crippen molar-refractivity contribution < 1.29 is 23.9 Å². The summed E-state index contributed by atoms with van der Waals surface area (Å²) in [7, 11) is 0. The highest BCUT2D eigenvalue weighted by molar-refractivity contribution is 6.04. The van der Waals surface area contributed by atoms with Gasteiger partial charge in [-0.2, -0.15) is 0 Å². The van der Waals surface area contributed by atoms with Gasteiger partial charge in [-0.05, 0) is 31.0 Å². The SMILES string of the molecule is O=C(CC1OC(=O)c2ccccc21)Nc1ccccc1C(=O)NCC1CCCO1. The Morgan fingerprint density at radius 2 is 1.86 bits per heavy atom. The average molecular weight is 394 g/mol. The fraction of sp³-hybridized carbons (Fsp3) is 0.318. The van der Waals surface area contributed by atoms with Crippen molar-refractivity contribution in [2.45, 2.75) is 31.5 Å². The Bertz CT molecular complexity index is 936. The van der Waals surface area contributed by atoms with Crippen molar-refractivity contribution >= 4 is 23.5 Å². The summed E-state index contributed by atoms with van der Waals surface area (Å²) >= 11 is 0. The smallest absolute Gasteiger partial charge is 0.339 e. The standard InChI is InChI=1S/C22H22N2O5/c25-20(12-19-15-7-1-2-8-16(15)22(27)29-19)24-18-10-4-3-9-17(18)21(26)23-13-14-6-5-11-28-14/h1-4,7-10,14,19H,5-6,11-13H2,(H,23,26)(H,24,25). The molecule has 1 saturated heterocycles. The summed E-state index contributed by atoms with van der Waals surface area (Å²) in [5.74, 6) is -1.03. The number of benzene rings is 2. The van der Waals surface area contributed by atoms with E-state index in [9.17, 15) is 14.4 Å². The van der Waals surface area contributed by atoms with Crippen molar-refractivity contribution in [3.05, 3.63) is 65.2 Å². The molecule has 2 amide bonds. The summed E-state index contributed by atoms with van der Waals surface area (Å²) in [6.45, 7) is 1.16. The van der Waals surface area contributed by atoms with Crippen LogP contribution in [0.3, 0.4) is 0 Å². The molecule has 0 aromatic heterocycles. The number of hydrogen-bond donors (Lipinski definition) is 2. The molecule has 2 unspecified atom stereocenters. The van der Waals surface area contributed by atoms with Crippen LogP contribution in [-0.2, 0) is 14.3 Å². The third-order valence-corrected chi connectivity index (χ3v) is 5.11. The Morgan fingerprint density at radius 3 is 2.69 bits per heavy atom. The summed E-state index contributed by atoms with van der Waals surface area (Å²) in [6, 6.07) is 13.9. The second-order valence-electron chi connectivity index (χ2n) is 7.12. The first kappa shape index (κ1) is 19.1. The van der Waals surface area contributed by atoms with E-state index in [1.54, 1.807) is 48.5 Å². The predicted octanol–water partition coefficient (Wildman–Crippen LogP) is 2.84. The fourth-order valence-electron chi connectivity index (χ4n) is 3.64. The van der Waals surface area contributed by atoms with Crippen molar-refractivity contribution in [3.8, 4) is 0 Å². The number of hydrogen-bond acceptors (Lipinski definition) is 5. The van der Waals surface area contributed by atoms with Crippen molar-refractivity contribution in [2.24, 2.45) is 0 Å². The number of carbonyl (C=O) groups is 3. The molecule has 0 radical (unpaired) electrons. The normalized spacial score (nSPS) is 20.1. The van der Waals surface area contributed by atoms with Crippen LogP contribution in [0.4, 0.5) is 5.69 Å². The number of cyclic esters (lactones) is 1. The van der Waals surface area contributed by atoms with Crippen molar-refractivity contribution in [3.63, 3.8) is 0 Å². The second kappa shape index (κ2) is 8.45. The largest absolute Gasteiger partial charge is 0.453 e. The molecule has 150 valence electrons. The van der Waals surface area contributed by atoms with Gasteiger partial charge in [0.25, 0.3) is 5.91 Å². The lowest BCUT2D eigenvalue weighted by molar-refractivity contribution is -0.118. The molecule has 1 fully saturated rings. The predicted molar refractivity (Wildman–Crippen MR) is 106 cm³/mol. The fourth-order valence-corrected chi connectivity index (χ4v) is 3.64. The van der Waals surface area contributed by atoms with Crippen molar-refractivity contribution in [2.75, 3.05) is 18.5 Å². The first-order chi connectivity index (χ1) is 14.1. The van der Waals surface area contributed by atoms with E-state index in [1.165, 1.54) is 0 Å². The number of fused-ring (bicyclic) bond motifs is 1. The Morgan fingerprint density at radius 1 is 1.07 bits per heavy atom. The zero-order chi connectivity index (χ0) is 20.2. The molecule has 2 heterocycles. The molecule has 4 rings (SSSR count). The number of para-hydroxylation sites is 1. The molecule has 7 nitrogen and oxygen atoms in total. The minimum Gasteiger partial charge on any atom is -0.453 e. The van der Waals surface area contributed by atoms with E-state index in [0.29, 0.717) is 28.9 Å². The molecule has 0 saturated carbocycles. The molecule has 29 heavy (non-hydrogen) atoms.